The summed E-state index contributed by atoms with van der Waals surface area (Å²) < 4.78 is 0. The van der Waals surface area contributed by atoms with E-state index in [0.717, 1.165) is 0 Å². The van der Waals surface area contributed by atoms with Crippen molar-refractivity contribution in [3.63, 3.8) is 0 Å². The number of nitrogens with two attached hydrogens (primary N) is 1. The number of phenolic OH excluding ortho intramolecular Hbond substituents is 1. The lowest BCUT2D eigenvalue weighted by Gasteiger charge is -2.27. The zero-order valence-corrected chi connectivity index (χ0v) is 8.77. The second-order valence-corrected chi connectivity index (χ2v) is 4.10. The second-order valence-electron chi connectivity index (χ2n) is 4.10. The van der Waals surface area contributed by atoms with Crippen LogP contribution >= 0.6 is 0 Å². The van der Waals surface area contributed by atoms with Crippen molar-refractivity contribution >= 4 is 5.97 Å². The van der Waals surface area contributed by atoms with Crippen LogP contribution in [-0.4, -0.2) is 16.2 Å². The van der Waals surface area contributed by atoms with E-state index in [2.05, 4.69) is 0 Å². The Labute approximate surface area is 88.3 Å². The molecule has 1 aromatic rings. The molecule has 0 aliphatic rings. The van der Waals surface area contributed by atoms with E-state index >= 15 is 0 Å². The molecule has 0 bridgehead atoms. The largest absolute Gasteiger partial charge is 0.508 e. The molecule has 0 heterocycles. The van der Waals surface area contributed by atoms with Crippen molar-refractivity contribution < 1.29 is 15.0 Å². The maximum Gasteiger partial charge on any atom is 0.311 e. The lowest BCUT2D eigenvalue weighted by Crippen LogP contribution is -2.36. The predicted octanol–water partition coefficient (Wildman–Crippen LogP) is 1.50. The van der Waals surface area contributed by atoms with E-state index in [-0.39, 0.29) is 5.75 Å². The Kier molecular flexibility index (Phi) is 3.00. The molecule has 4 nitrogen and oxygen atoms in total. The molecule has 0 saturated carbocycles. The fraction of sp³-hybridized carbons (Fsp3) is 0.364. The van der Waals surface area contributed by atoms with Crippen LogP contribution in [0.2, 0.25) is 0 Å². The van der Waals surface area contributed by atoms with Crippen LogP contribution in [0.15, 0.2) is 24.3 Å². The number of carboxylic acids is 1. The Morgan fingerprint density at radius 3 is 2.20 bits per heavy atom. The molecular weight excluding hydrogens is 194 g/mol. The average molecular weight is 209 g/mol. The number of benzene rings is 1. The maximum atomic E-state index is 11.0. The van der Waals surface area contributed by atoms with Crippen LogP contribution in [0, 0.1) is 5.41 Å². The van der Waals surface area contributed by atoms with Crippen LogP contribution in [-0.2, 0) is 4.79 Å². The zero-order valence-electron chi connectivity index (χ0n) is 8.77. The molecule has 4 heteroatoms. The molecule has 0 aromatic heterocycles. The summed E-state index contributed by atoms with van der Waals surface area (Å²) in [6.45, 7) is 3.15. The zero-order chi connectivity index (χ0) is 11.6. The van der Waals surface area contributed by atoms with Crippen molar-refractivity contribution in [3.05, 3.63) is 29.8 Å². The van der Waals surface area contributed by atoms with E-state index in [1.54, 1.807) is 26.0 Å². The molecule has 1 atom stereocenters. The van der Waals surface area contributed by atoms with Gasteiger partial charge in [0.1, 0.15) is 5.75 Å². The maximum absolute atomic E-state index is 11.0. The first kappa shape index (κ1) is 11.5. The van der Waals surface area contributed by atoms with E-state index in [0.29, 0.717) is 5.56 Å². The summed E-state index contributed by atoms with van der Waals surface area (Å²) in [5, 5.41) is 18.1. The summed E-state index contributed by atoms with van der Waals surface area (Å²) in [6, 6.07) is 5.64. The minimum atomic E-state index is -1.03. The van der Waals surface area contributed by atoms with Gasteiger partial charge in [-0.25, -0.2) is 0 Å². The molecule has 0 amide bonds. The Morgan fingerprint density at radius 1 is 1.33 bits per heavy atom. The predicted molar refractivity (Wildman–Crippen MR) is 56.5 cm³/mol. The standard InChI is InChI=1S/C11H15NO3/c1-11(2,10(14)15)9(12)7-3-5-8(13)6-4-7/h3-6,9,13H,12H2,1-2H3,(H,14,15). The topological polar surface area (TPSA) is 83.5 Å². The number of hydrogen-bond acceptors (Lipinski definition) is 3. The molecule has 1 aromatic carbocycles. The third-order valence-corrected chi connectivity index (χ3v) is 2.58. The van der Waals surface area contributed by atoms with Gasteiger partial charge in [-0.05, 0) is 31.5 Å². The summed E-state index contributed by atoms with van der Waals surface area (Å²) >= 11 is 0. The summed E-state index contributed by atoms with van der Waals surface area (Å²) in [7, 11) is 0. The number of hydrogen-bond donors (Lipinski definition) is 3. The van der Waals surface area contributed by atoms with Gasteiger partial charge in [-0.1, -0.05) is 12.1 Å². The highest BCUT2D eigenvalue weighted by molar-refractivity contribution is 5.75. The molecule has 0 spiro atoms. The minimum absolute atomic E-state index is 0.138. The smallest absolute Gasteiger partial charge is 0.311 e. The van der Waals surface area contributed by atoms with Gasteiger partial charge in [0.15, 0.2) is 0 Å². The first-order valence-corrected chi connectivity index (χ1v) is 4.63. The molecule has 4 N–H and O–H groups in total. The lowest BCUT2D eigenvalue weighted by molar-refractivity contribution is -0.148. The van der Waals surface area contributed by atoms with Gasteiger partial charge in [0.2, 0.25) is 0 Å². The SMILES string of the molecule is CC(C)(C(=O)O)C(N)c1ccc(O)cc1. The van der Waals surface area contributed by atoms with Crippen LogP contribution in [0.25, 0.3) is 0 Å². The van der Waals surface area contributed by atoms with Gasteiger partial charge in [-0.15, -0.1) is 0 Å². The summed E-state index contributed by atoms with van der Waals surface area (Å²) in [4.78, 5) is 11.0. The summed E-state index contributed by atoms with van der Waals surface area (Å²) in [5.74, 6) is -0.804. The number of carbonyl (C=O) groups is 1. The molecule has 0 aliphatic carbocycles. The molecule has 1 unspecified atom stereocenters. The van der Waals surface area contributed by atoms with Crippen molar-refractivity contribution in [3.8, 4) is 5.75 Å². The molecular formula is C11H15NO3. The Bertz CT molecular complexity index is 357. The fourth-order valence-electron chi connectivity index (χ4n) is 1.23. The van der Waals surface area contributed by atoms with Crippen LogP contribution in [0.1, 0.15) is 25.5 Å². The van der Waals surface area contributed by atoms with Crippen molar-refractivity contribution in [1.29, 1.82) is 0 Å². The molecule has 0 radical (unpaired) electrons. The van der Waals surface area contributed by atoms with E-state index in [4.69, 9.17) is 15.9 Å². The lowest BCUT2D eigenvalue weighted by atomic mass is 9.81. The highest BCUT2D eigenvalue weighted by Gasteiger charge is 2.35. The molecule has 1 rings (SSSR count). The molecule has 0 aliphatic heterocycles. The van der Waals surface area contributed by atoms with Gasteiger partial charge >= 0.3 is 5.97 Å². The summed E-state index contributed by atoms with van der Waals surface area (Å²) in [6.07, 6.45) is 0. The number of aromatic hydroxyl groups is 1. The van der Waals surface area contributed by atoms with Gasteiger partial charge < -0.3 is 15.9 Å². The van der Waals surface area contributed by atoms with Crippen LogP contribution in [0.4, 0.5) is 0 Å². The minimum Gasteiger partial charge on any atom is -0.508 e. The Morgan fingerprint density at radius 2 is 1.80 bits per heavy atom. The van der Waals surface area contributed by atoms with E-state index in [1.807, 2.05) is 0 Å². The van der Waals surface area contributed by atoms with Gasteiger partial charge in [-0.2, -0.15) is 0 Å². The number of carboxylic acid groups (broad SMARTS) is 1. The first-order valence-electron chi connectivity index (χ1n) is 4.63. The van der Waals surface area contributed by atoms with Crippen molar-refractivity contribution in [2.75, 3.05) is 0 Å². The van der Waals surface area contributed by atoms with Crippen LogP contribution < -0.4 is 5.73 Å². The van der Waals surface area contributed by atoms with Gasteiger partial charge in [0.05, 0.1) is 5.41 Å². The monoisotopic (exact) mass is 209 g/mol. The van der Waals surface area contributed by atoms with Crippen LogP contribution in [0.5, 0.6) is 5.75 Å². The third-order valence-electron chi connectivity index (χ3n) is 2.58. The highest BCUT2D eigenvalue weighted by atomic mass is 16.4. The van der Waals surface area contributed by atoms with Crippen molar-refractivity contribution in [1.82, 2.24) is 0 Å². The molecule has 0 fully saturated rings. The Balaban J connectivity index is 2.99. The van der Waals surface area contributed by atoms with E-state index in [1.165, 1.54) is 12.1 Å². The normalized spacial score (nSPS) is 13.5. The van der Waals surface area contributed by atoms with Crippen molar-refractivity contribution in [2.24, 2.45) is 11.1 Å². The number of rotatable bonds is 3. The number of phenols is 1. The van der Waals surface area contributed by atoms with Crippen LogP contribution in [0.3, 0.4) is 0 Å². The number of aliphatic carboxylic acids is 1. The van der Waals surface area contributed by atoms with E-state index in [9.17, 15) is 4.79 Å². The first-order chi connectivity index (χ1) is 6.85. The quantitative estimate of drug-likeness (QED) is 0.704. The third kappa shape index (κ3) is 2.27. The summed E-state index contributed by atoms with van der Waals surface area (Å²) in [5.41, 5.74) is 5.53. The fourth-order valence-corrected chi connectivity index (χ4v) is 1.23. The van der Waals surface area contributed by atoms with Gasteiger partial charge in [0, 0.05) is 6.04 Å². The molecule has 15 heavy (non-hydrogen) atoms. The highest BCUT2D eigenvalue weighted by Crippen LogP contribution is 2.31. The van der Waals surface area contributed by atoms with Crippen molar-refractivity contribution in [2.45, 2.75) is 19.9 Å². The Hall–Kier alpha value is -1.55. The van der Waals surface area contributed by atoms with E-state index < -0.39 is 17.4 Å². The van der Waals surface area contributed by atoms with Gasteiger partial charge in [-0.3, -0.25) is 4.79 Å². The molecule has 82 valence electrons. The second kappa shape index (κ2) is 3.90. The molecule has 0 saturated heterocycles. The van der Waals surface area contributed by atoms with Gasteiger partial charge in [0.25, 0.3) is 0 Å². The average Bonchev–Trinajstić information content (AvgIpc) is 2.17.